The first-order valence-corrected chi connectivity index (χ1v) is 14.4. The summed E-state index contributed by atoms with van der Waals surface area (Å²) in [7, 11) is 0. The van der Waals surface area contributed by atoms with E-state index in [9.17, 15) is 19.2 Å². The molecule has 10 nitrogen and oxygen atoms in total. The van der Waals surface area contributed by atoms with Crippen LogP contribution in [0.3, 0.4) is 0 Å². The molecule has 10 heteroatoms. The van der Waals surface area contributed by atoms with Gasteiger partial charge in [-0.3, -0.25) is 14.4 Å². The van der Waals surface area contributed by atoms with E-state index < -0.39 is 75.7 Å². The number of epoxide rings is 1. The van der Waals surface area contributed by atoms with E-state index in [1.54, 1.807) is 24.3 Å². The zero-order chi connectivity index (χ0) is 29.4. The van der Waals surface area contributed by atoms with E-state index >= 15 is 0 Å². The molecule has 3 heterocycles. The van der Waals surface area contributed by atoms with Crippen LogP contribution in [0.1, 0.15) is 77.1 Å². The van der Waals surface area contributed by atoms with Gasteiger partial charge in [-0.15, -0.1) is 0 Å². The standard InChI is InChI=1S/C31H38O10/c1-18(32)38-22-14-28(4)27(3,13-23(39-19(2)33)30(41-28)15-24(34)36-16-30)25-21(11-12-31(17-37-31)29(22,25)5)40-26(35)20-9-7-6-8-10-20/h6-10,21-23,25H,11-17H2,1-5H3/t21-,22+,23+,25-,27-,28+,29-,30-,31+/m1/s1. The number of carbonyl (C=O) groups is 4. The lowest BCUT2D eigenvalue weighted by atomic mass is 9.40. The molecule has 2 aliphatic carbocycles. The van der Waals surface area contributed by atoms with E-state index in [1.807, 2.05) is 13.0 Å². The maximum absolute atomic E-state index is 13.4. The van der Waals surface area contributed by atoms with Gasteiger partial charge in [0.25, 0.3) is 0 Å². The molecule has 0 amide bonds. The average molecular weight is 571 g/mol. The first-order valence-electron chi connectivity index (χ1n) is 14.4. The quantitative estimate of drug-likeness (QED) is 0.301. The summed E-state index contributed by atoms with van der Waals surface area (Å²) in [6.07, 6.45) is -0.184. The van der Waals surface area contributed by atoms with Gasteiger partial charge in [-0.1, -0.05) is 32.0 Å². The molecule has 1 aromatic rings. The fourth-order valence-electron chi connectivity index (χ4n) is 8.75. The summed E-state index contributed by atoms with van der Waals surface area (Å²) in [4.78, 5) is 50.7. The predicted octanol–water partition coefficient (Wildman–Crippen LogP) is 3.54. The van der Waals surface area contributed by atoms with Crippen molar-refractivity contribution in [2.45, 2.75) is 102 Å². The molecule has 6 rings (SSSR count). The number of fused-ring (bicyclic) bond motifs is 4. The Bertz CT molecular complexity index is 1270. The van der Waals surface area contributed by atoms with Crippen LogP contribution in [0.5, 0.6) is 0 Å². The summed E-state index contributed by atoms with van der Waals surface area (Å²) in [5, 5.41) is 0. The van der Waals surface area contributed by atoms with Gasteiger partial charge in [0.15, 0.2) is 0 Å². The van der Waals surface area contributed by atoms with Crippen molar-refractivity contribution in [1.29, 1.82) is 0 Å². The molecule has 0 aromatic heterocycles. The predicted molar refractivity (Wildman–Crippen MR) is 141 cm³/mol. The van der Waals surface area contributed by atoms with Crippen LogP contribution in [-0.2, 0) is 42.8 Å². The molecule has 0 N–H and O–H groups in total. The van der Waals surface area contributed by atoms with E-state index in [2.05, 4.69) is 13.8 Å². The second-order valence-corrected chi connectivity index (χ2v) is 13.1. The van der Waals surface area contributed by atoms with Crippen LogP contribution in [0.4, 0.5) is 0 Å². The van der Waals surface area contributed by atoms with E-state index in [0.29, 0.717) is 37.9 Å². The van der Waals surface area contributed by atoms with E-state index in [1.165, 1.54) is 13.8 Å². The molecule has 2 saturated carbocycles. The van der Waals surface area contributed by atoms with Crippen LogP contribution in [0.15, 0.2) is 30.3 Å². The molecule has 0 bridgehead atoms. The first kappa shape index (κ1) is 28.2. The van der Waals surface area contributed by atoms with Crippen molar-refractivity contribution in [3.8, 4) is 0 Å². The Balaban J connectivity index is 1.48. The summed E-state index contributed by atoms with van der Waals surface area (Å²) in [5.41, 5.74) is -3.76. The molecule has 2 spiro atoms. The molecule has 0 unspecified atom stereocenters. The number of esters is 4. The Labute approximate surface area is 239 Å². The maximum atomic E-state index is 13.4. The Morgan fingerprint density at radius 2 is 1.56 bits per heavy atom. The Morgan fingerprint density at radius 1 is 0.902 bits per heavy atom. The molecular weight excluding hydrogens is 532 g/mol. The molecule has 5 aliphatic rings. The second-order valence-electron chi connectivity index (χ2n) is 13.1. The molecule has 222 valence electrons. The maximum Gasteiger partial charge on any atom is 0.338 e. The van der Waals surface area contributed by atoms with Gasteiger partial charge in [-0.25, -0.2) is 4.79 Å². The minimum absolute atomic E-state index is 0.0465. The molecule has 41 heavy (non-hydrogen) atoms. The Hall–Kier alpha value is -2.98. The van der Waals surface area contributed by atoms with Crippen molar-refractivity contribution < 1.29 is 47.6 Å². The van der Waals surface area contributed by atoms with Crippen LogP contribution < -0.4 is 0 Å². The normalized spacial score (nSPS) is 44.4. The van der Waals surface area contributed by atoms with Gasteiger partial charge < -0.3 is 28.4 Å². The van der Waals surface area contributed by atoms with Gasteiger partial charge in [0.05, 0.1) is 24.2 Å². The van der Waals surface area contributed by atoms with E-state index in [0.717, 1.165) is 0 Å². The van der Waals surface area contributed by atoms with Gasteiger partial charge in [-0.2, -0.15) is 0 Å². The van der Waals surface area contributed by atoms with Gasteiger partial charge >= 0.3 is 23.9 Å². The molecule has 1 aromatic carbocycles. The monoisotopic (exact) mass is 570 g/mol. The number of hydrogen-bond donors (Lipinski definition) is 0. The average Bonchev–Trinajstić information content (AvgIpc) is 3.60. The third-order valence-electron chi connectivity index (χ3n) is 10.9. The van der Waals surface area contributed by atoms with E-state index in [4.69, 9.17) is 28.4 Å². The van der Waals surface area contributed by atoms with Crippen LogP contribution in [-0.4, -0.2) is 72.2 Å². The zero-order valence-electron chi connectivity index (χ0n) is 24.2. The van der Waals surface area contributed by atoms with Crippen LogP contribution in [0.2, 0.25) is 0 Å². The third kappa shape index (κ3) is 4.12. The van der Waals surface area contributed by atoms with Crippen molar-refractivity contribution in [3.05, 3.63) is 35.9 Å². The molecule has 9 atom stereocenters. The number of benzene rings is 1. The van der Waals surface area contributed by atoms with Gasteiger partial charge in [0.2, 0.25) is 0 Å². The van der Waals surface area contributed by atoms with Crippen LogP contribution in [0, 0.1) is 16.7 Å². The highest BCUT2D eigenvalue weighted by Crippen LogP contribution is 2.72. The van der Waals surface area contributed by atoms with Crippen molar-refractivity contribution >= 4 is 23.9 Å². The summed E-state index contributed by atoms with van der Waals surface area (Å²) < 4.78 is 36.8. The minimum Gasteiger partial charge on any atom is -0.462 e. The summed E-state index contributed by atoms with van der Waals surface area (Å²) in [6.45, 7) is 9.28. The van der Waals surface area contributed by atoms with Crippen molar-refractivity contribution in [2.75, 3.05) is 13.2 Å². The van der Waals surface area contributed by atoms with Gasteiger partial charge in [0, 0.05) is 37.0 Å². The highest BCUT2D eigenvalue weighted by atomic mass is 16.6. The number of cyclic esters (lactones) is 1. The molecular formula is C31H38O10. The topological polar surface area (TPSA) is 127 Å². The second kappa shape index (κ2) is 9.26. The van der Waals surface area contributed by atoms with Gasteiger partial charge in [0.1, 0.15) is 36.1 Å². The third-order valence-corrected chi connectivity index (χ3v) is 10.9. The molecule has 0 radical (unpaired) electrons. The Kier molecular flexibility index (Phi) is 6.36. The largest absolute Gasteiger partial charge is 0.462 e. The summed E-state index contributed by atoms with van der Waals surface area (Å²) >= 11 is 0. The number of carbonyl (C=O) groups excluding carboxylic acids is 4. The van der Waals surface area contributed by atoms with E-state index in [-0.39, 0.29) is 13.0 Å². The lowest BCUT2D eigenvalue weighted by Gasteiger charge is -2.70. The minimum atomic E-state index is -1.18. The summed E-state index contributed by atoms with van der Waals surface area (Å²) in [5.74, 6) is -2.19. The molecule has 3 aliphatic heterocycles. The van der Waals surface area contributed by atoms with Crippen molar-refractivity contribution in [2.24, 2.45) is 16.7 Å². The van der Waals surface area contributed by atoms with Crippen LogP contribution >= 0.6 is 0 Å². The SMILES string of the molecule is CC(=O)O[C@H]1C[C@]2(C)[C@H]3[C@H](OC(=O)c4ccccc4)CC[C@]4(CO4)[C@]3(C)[C@@H](OC(C)=O)C[C@]2(C)O[C@]12COC(=O)C2. The first-order chi connectivity index (χ1) is 19.3. The highest BCUT2D eigenvalue weighted by molar-refractivity contribution is 5.89. The molecule has 3 saturated heterocycles. The highest BCUT2D eigenvalue weighted by Gasteiger charge is 2.80. The lowest BCUT2D eigenvalue weighted by Crippen LogP contribution is -2.77. The lowest BCUT2D eigenvalue weighted by molar-refractivity contribution is -0.351. The molecule has 5 fully saturated rings. The van der Waals surface area contributed by atoms with Gasteiger partial charge in [-0.05, 0) is 38.3 Å². The number of rotatable bonds is 4. The number of hydrogen-bond acceptors (Lipinski definition) is 10. The Morgan fingerprint density at radius 3 is 2.15 bits per heavy atom. The fourth-order valence-corrected chi connectivity index (χ4v) is 8.75. The van der Waals surface area contributed by atoms with Crippen molar-refractivity contribution in [1.82, 2.24) is 0 Å². The van der Waals surface area contributed by atoms with Crippen LogP contribution in [0.25, 0.3) is 0 Å². The number of ether oxygens (including phenoxy) is 6. The zero-order valence-corrected chi connectivity index (χ0v) is 24.2. The summed E-state index contributed by atoms with van der Waals surface area (Å²) in [6, 6.07) is 8.83. The van der Waals surface area contributed by atoms with Crippen molar-refractivity contribution in [3.63, 3.8) is 0 Å². The smallest absolute Gasteiger partial charge is 0.338 e. The fraction of sp³-hybridized carbons (Fsp3) is 0.677.